The maximum absolute atomic E-state index is 12.4. The molecule has 0 aromatic rings. The summed E-state index contributed by atoms with van der Waals surface area (Å²) in [5.41, 5.74) is 5.67. The molecule has 0 rings (SSSR count). The smallest absolute Gasteiger partial charge is 0.326 e. The standard InChI is InChI=1S/C17H30N4O7/c1-8(2)13(18)15(25)19-7-11(22)21-14(9(3)4)16(26)20-10(17(27)28)5-6-12(23)24/h8-10,13-14H,5-7,18H2,1-4H3,(H,19,25)(H,20,26)(H,21,22)(H,23,24)(H,27,28). The van der Waals surface area contributed by atoms with Gasteiger partial charge in [-0.25, -0.2) is 4.79 Å². The van der Waals surface area contributed by atoms with Gasteiger partial charge in [-0.05, 0) is 18.3 Å². The summed E-state index contributed by atoms with van der Waals surface area (Å²) in [4.78, 5) is 58.0. The summed E-state index contributed by atoms with van der Waals surface area (Å²) in [6, 6.07) is -3.23. The monoisotopic (exact) mass is 402 g/mol. The van der Waals surface area contributed by atoms with Gasteiger partial charge in [0.2, 0.25) is 17.7 Å². The first-order valence-electron chi connectivity index (χ1n) is 8.94. The molecule has 160 valence electrons. The van der Waals surface area contributed by atoms with Crippen molar-refractivity contribution in [2.75, 3.05) is 6.54 Å². The van der Waals surface area contributed by atoms with Crippen LogP contribution in [0.15, 0.2) is 0 Å². The van der Waals surface area contributed by atoms with Gasteiger partial charge in [0.15, 0.2) is 0 Å². The topological polar surface area (TPSA) is 188 Å². The Morgan fingerprint density at radius 2 is 1.46 bits per heavy atom. The van der Waals surface area contributed by atoms with Gasteiger partial charge in [0, 0.05) is 6.42 Å². The molecule has 0 saturated heterocycles. The van der Waals surface area contributed by atoms with Gasteiger partial charge in [0.1, 0.15) is 12.1 Å². The summed E-state index contributed by atoms with van der Waals surface area (Å²) in [6.45, 7) is 6.41. The maximum Gasteiger partial charge on any atom is 0.326 e. The molecule has 0 radical (unpaired) electrons. The van der Waals surface area contributed by atoms with E-state index in [4.69, 9.17) is 15.9 Å². The van der Waals surface area contributed by atoms with E-state index in [0.717, 1.165) is 0 Å². The van der Waals surface area contributed by atoms with E-state index in [9.17, 15) is 24.0 Å². The van der Waals surface area contributed by atoms with Crippen molar-refractivity contribution in [3.8, 4) is 0 Å². The maximum atomic E-state index is 12.4. The molecule has 0 aromatic carbocycles. The van der Waals surface area contributed by atoms with Crippen molar-refractivity contribution in [1.29, 1.82) is 0 Å². The van der Waals surface area contributed by atoms with Gasteiger partial charge in [-0.15, -0.1) is 0 Å². The number of nitrogens with two attached hydrogens (primary N) is 1. The Labute approximate surface area is 163 Å². The first kappa shape index (κ1) is 25.3. The highest BCUT2D eigenvalue weighted by Crippen LogP contribution is 2.05. The van der Waals surface area contributed by atoms with Crippen molar-refractivity contribution in [1.82, 2.24) is 16.0 Å². The lowest BCUT2D eigenvalue weighted by atomic mass is 10.0. The third kappa shape index (κ3) is 9.31. The molecule has 3 amide bonds. The number of carboxylic acid groups (broad SMARTS) is 2. The lowest BCUT2D eigenvalue weighted by Gasteiger charge is -2.24. The van der Waals surface area contributed by atoms with E-state index in [0.29, 0.717) is 0 Å². The van der Waals surface area contributed by atoms with E-state index in [2.05, 4.69) is 16.0 Å². The minimum absolute atomic E-state index is 0.115. The summed E-state index contributed by atoms with van der Waals surface area (Å²) < 4.78 is 0. The minimum Gasteiger partial charge on any atom is -0.481 e. The third-order valence-corrected chi connectivity index (χ3v) is 3.97. The third-order valence-electron chi connectivity index (χ3n) is 3.97. The van der Waals surface area contributed by atoms with Gasteiger partial charge in [-0.3, -0.25) is 19.2 Å². The quantitative estimate of drug-likeness (QED) is 0.231. The van der Waals surface area contributed by atoms with Crippen LogP contribution >= 0.6 is 0 Å². The van der Waals surface area contributed by atoms with Crippen LogP contribution in [-0.4, -0.2) is 64.5 Å². The number of carbonyl (C=O) groups is 5. The molecule has 3 atom stereocenters. The Morgan fingerprint density at radius 1 is 0.893 bits per heavy atom. The molecule has 11 nitrogen and oxygen atoms in total. The van der Waals surface area contributed by atoms with Crippen LogP contribution in [0.3, 0.4) is 0 Å². The molecular weight excluding hydrogens is 372 g/mol. The largest absolute Gasteiger partial charge is 0.481 e. The van der Waals surface area contributed by atoms with Crippen LogP contribution in [0.2, 0.25) is 0 Å². The molecule has 0 saturated carbocycles. The van der Waals surface area contributed by atoms with E-state index in [1.807, 2.05) is 0 Å². The number of nitrogens with one attached hydrogen (secondary N) is 3. The number of rotatable bonds is 12. The van der Waals surface area contributed by atoms with Crippen molar-refractivity contribution in [3.63, 3.8) is 0 Å². The first-order chi connectivity index (χ1) is 12.9. The molecule has 3 unspecified atom stereocenters. The van der Waals surface area contributed by atoms with Gasteiger partial charge in [-0.2, -0.15) is 0 Å². The summed E-state index contributed by atoms with van der Waals surface area (Å²) in [6.07, 6.45) is -0.726. The van der Waals surface area contributed by atoms with Gasteiger partial charge in [-0.1, -0.05) is 27.7 Å². The predicted molar refractivity (Wildman–Crippen MR) is 99.0 cm³/mol. The van der Waals surface area contributed by atoms with Gasteiger partial charge in [0.25, 0.3) is 0 Å². The van der Waals surface area contributed by atoms with Gasteiger partial charge < -0.3 is 31.9 Å². The number of amides is 3. The Balaban J connectivity index is 4.85. The second-order valence-electron chi connectivity index (χ2n) is 7.11. The molecule has 7 N–H and O–H groups in total. The van der Waals surface area contributed by atoms with Crippen LogP contribution in [0.1, 0.15) is 40.5 Å². The Hall–Kier alpha value is -2.69. The van der Waals surface area contributed by atoms with Crippen LogP contribution in [0.4, 0.5) is 0 Å². The van der Waals surface area contributed by atoms with E-state index in [1.54, 1.807) is 27.7 Å². The van der Waals surface area contributed by atoms with Crippen LogP contribution in [-0.2, 0) is 24.0 Å². The van der Waals surface area contributed by atoms with E-state index in [1.165, 1.54) is 0 Å². The SMILES string of the molecule is CC(C)C(N)C(=O)NCC(=O)NC(C(=O)NC(CCC(=O)O)C(=O)O)C(C)C. The molecule has 0 aliphatic rings. The Kier molecular flexibility index (Phi) is 10.8. The summed E-state index contributed by atoms with van der Waals surface area (Å²) in [5, 5.41) is 24.8. The average molecular weight is 402 g/mol. The fraction of sp³-hybridized carbons (Fsp3) is 0.706. The zero-order valence-corrected chi connectivity index (χ0v) is 16.5. The van der Waals surface area contributed by atoms with E-state index >= 15 is 0 Å². The first-order valence-corrected chi connectivity index (χ1v) is 8.94. The molecule has 0 bridgehead atoms. The van der Waals surface area contributed by atoms with E-state index in [-0.39, 0.29) is 18.3 Å². The predicted octanol–water partition coefficient (Wildman–Crippen LogP) is -1.34. The lowest BCUT2D eigenvalue weighted by Crippen LogP contribution is -2.55. The van der Waals surface area contributed by atoms with Crippen molar-refractivity contribution >= 4 is 29.7 Å². The van der Waals surface area contributed by atoms with Crippen LogP contribution in [0, 0.1) is 11.8 Å². The highest BCUT2D eigenvalue weighted by Gasteiger charge is 2.29. The summed E-state index contributed by atoms with van der Waals surface area (Å²) >= 11 is 0. The van der Waals surface area contributed by atoms with Crippen molar-refractivity contribution in [2.24, 2.45) is 17.6 Å². The lowest BCUT2D eigenvalue weighted by molar-refractivity contribution is -0.143. The molecule has 0 fully saturated rings. The van der Waals surface area contributed by atoms with Gasteiger partial charge >= 0.3 is 11.9 Å². The minimum atomic E-state index is -1.40. The Morgan fingerprint density at radius 3 is 1.89 bits per heavy atom. The Bertz CT molecular complexity index is 592. The van der Waals surface area contributed by atoms with Gasteiger partial charge in [0.05, 0.1) is 12.6 Å². The van der Waals surface area contributed by atoms with Crippen LogP contribution in [0.25, 0.3) is 0 Å². The zero-order chi connectivity index (χ0) is 22.0. The number of carboxylic acids is 2. The number of hydrogen-bond acceptors (Lipinski definition) is 6. The fourth-order valence-electron chi connectivity index (χ4n) is 2.13. The highest BCUT2D eigenvalue weighted by molar-refractivity contribution is 5.92. The fourth-order valence-corrected chi connectivity index (χ4v) is 2.13. The van der Waals surface area contributed by atoms with Crippen LogP contribution in [0.5, 0.6) is 0 Å². The summed E-state index contributed by atoms with van der Waals surface area (Å²) in [5.74, 6) is -4.97. The number of aliphatic carboxylic acids is 2. The molecule has 0 spiro atoms. The molecule has 0 heterocycles. The molecule has 0 aliphatic heterocycles. The second-order valence-corrected chi connectivity index (χ2v) is 7.11. The normalized spacial score (nSPS) is 14.1. The van der Waals surface area contributed by atoms with Crippen molar-refractivity contribution < 1.29 is 34.2 Å². The number of carbonyl (C=O) groups excluding carboxylic acids is 3. The average Bonchev–Trinajstić information content (AvgIpc) is 2.59. The van der Waals surface area contributed by atoms with E-state index < -0.39 is 60.8 Å². The second kappa shape index (κ2) is 11.9. The molecule has 28 heavy (non-hydrogen) atoms. The highest BCUT2D eigenvalue weighted by atomic mass is 16.4. The van der Waals surface area contributed by atoms with Crippen LogP contribution < -0.4 is 21.7 Å². The molecule has 0 aromatic heterocycles. The molecular formula is C17H30N4O7. The van der Waals surface area contributed by atoms with Crippen molar-refractivity contribution in [2.45, 2.75) is 58.7 Å². The zero-order valence-electron chi connectivity index (χ0n) is 16.5. The summed E-state index contributed by atoms with van der Waals surface area (Å²) in [7, 11) is 0. The molecule has 0 aliphatic carbocycles. The van der Waals surface area contributed by atoms with Crippen molar-refractivity contribution in [3.05, 3.63) is 0 Å². The number of hydrogen-bond donors (Lipinski definition) is 6. The molecule has 11 heteroatoms.